The fraction of sp³-hybridized carbons (Fsp3) is 1.00. The molecule has 11 heavy (non-hydrogen) atoms. The van der Waals surface area contributed by atoms with Crippen molar-refractivity contribution in [2.45, 2.75) is 25.3 Å². The summed E-state index contributed by atoms with van der Waals surface area (Å²) in [7, 11) is -3.77. The number of rotatable bonds is 4. The maximum Gasteiger partial charge on any atom is 0.266 e. The Balaban J connectivity index is 2.04. The summed E-state index contributed by atoms with van der Waals surface area (Å²) in [6.45, 7) is 0.365. The van der Waals surface area contributed by atoms with E-state index in [0.717, 1.165) is 12.8 Å². The van der Waals surface area contributed by atoms with Gasteiger partial charge in [-0.3, -0.25) is 4.55 Å². The molecular weight excluding hydrogens is 166 g/mol. The molecule has 4 nitrogen and oxygen atoms in total. The van der Waals surface area contributed by atoms with Gasteiger partial charge in [0, 0.05) is 12.6 Å². The van der Waals surface area contributed by atoms with Crippen molar-refractivity contribution in [1.29, 1.82) is 0 Å². The summed E-state index contributed by atoms with van der Waals surface area (Å²) < 4.78 is 28.8. The molecule has 0 unspecified atom stereocenters. The quantitative estimate of drug-likeness (QED) is 0.597. The molecule has 2 N–H and O–H groups in total. The molecule has 0 aromatic heterocycles. The molecular formula is C6H13NO3S. The van der Waals surface area contributed by atoms with Gasteiger partial charge in [0.05, 0.1) is 5.75 Å². The molecule has 0 spiro atoms. The third kappa shape index (κ3) is 3.69. The Hall–Kier alpha value is -0.130. The van der Waals surface area contributed by atoms with Crippen molar-refractivity contribution < 1.29 is 13.0 Å². The van der Waals surface area contributed by atoms with Gasteiger partial charge in [-0.15, -0.1) is 0 Å². The zero-order valence-electron chi connectivity index (χ0n) is 6.28. The molecule has 1 rings (SSSR count). The van der Waals surface area contributed by atoms with Gasteiger partial charge < -0.3 is 5.32 Å². The molecule has 1 fully saturated rings. The summed E-state index contributed by atoms with van der Waals surface area (Å²) in [4.78, 5) is 0. The largest absolute Gasteiger partial charge is 0.313 e. The van der Waals surface area contributed by atoms with Crippen LogP contribution in [0.25, 0.3) is 0 Å². The summed E-state index contributed by atoms with van der Waals surface area (Å²) >= 11 is 0. The second-order valence-corrected chi connectivity index (χ2v) is 4.44. The normalized spacial score (nSPS) is 19.7. The summed E-state index contributed by atoms with van der Waals surface area (Å²) in [5.74, 6) is -0.177. The first-order valence-electron chi connectivity index (χ1n) is 3.76. The Morgan fingerprint density at radius 1 is 1.45 bits per heavy atom. The van der Waals surface area contributed by atoms with Crippen LogP contribution in [0.3, 0.4) is 0 Å². The highest BCUT2D eigenvalue weighted by atomic mass is 32.2. The highest BCUT2D eigenvalue weighted by molar-refractivity contribution is 7.85. The first kappa shape index (κ1) is 8.96. The minimum atomic E-state index is -3.77. The Morgan fingerprint density at radius 3 is 2.45 bits per heavy atom. The van der Waals surface area contributed by atoms with Gasteiger partial charge in [0.15, 0.2) is 0 Å². The van der Waals surface area contributed by atoms with Gasteiger partial charge in [-0.2, -0.15) is 8.42 Å². The van der Waals surface area contributed by atoms with Crippen molar-refractivity contribution in [1.82, 2.24) is 5.32 Å². The van der Waals surface area contributed by atoms with Crippen LogP contribution < -0.4 is 5.32 Å². The van der Waals surface area contributed by atoms with Crippen LogP contribution in [0.2, 0.25) is 0 Å². The van der Waals surface area contributed by atoms with E-state index < -0.39 is 10.1 Å². The lowest BCUT2D eigenvalue weighted by Gasteiger charge is -2.26. The second-order valence-electron chi connectivity index (χ2n) is 2.87. The molecule has 1 saturated carbocycles. The monoisotopic (exact) mass is 179 g/mol. The molecule has 1 aliphatic carbocycles. The van der Waals surface area contributed by atoms with Gasteiger partial charge >= 0.3 is 0 Å². The number of hydrogen-bond acceptors (Lipinski definition) is 3. The second kappa shape index (κ2) is 3.51. The Morgan fingerprint density at radius 2 is 2.09 bits per heavy atom. The van der Waals surface area contributed by atoms with E-state index in [0.29, 0.717) is 12.6 Å². The maximum absolute atomic E-state index is 10.2. The van der Waals surface area contributed by atoms with Crippen LogP contribution >= 0.6 is 0 Å². The lowest BCUT2D eigenvalue weighted by atomic mass is 9.93. The third-order valence-electron chi connectivity index (χ3n) is 1.90. The van der Waals surface area contributed by atoms with Gasteiger partial charge in [-0.05, 0) is 12.8 Å². The maximum atomic E-state index is 10.2. The molecule has 66 valence electrons. The predicted molar refractivity (Wildman–Crippen MR) is 42.1 cm³/mol. The van der Waals surface area contributed by atoms with Crippen molar-refractivity contribution in [3.63, 3.8) is 0 Å². The van der Waals surface area contributed by atoms with Gasteiger partial charge in [0.2, 0.25) is 0 Å². The van der Waals surface area contributed by atoms with E-state index in [1.165, 1.54) is 6.42 Å². The van der Waals surface area contributed by atoms with Crippen LogP contribution in [-0.2, 0) is 10.1 Å². The standard InChI is InChI=1S/C6H13NO3S/c8-11(9,10)5-4-7-6-2-1-3-6/h6-7H,1-5H2,(H,8,9,10). The highest BCUT2D eigenvalue weighted by Crippen LogP contribution is 2.17. The van der Waals surface area contributed by atoms with Crippen molar-refractivity contribution in [3.8, 4) is 0 Å². The first-order chi connectivity index (χ1) is 5.08. The highest BCUT2D eigenvalue weighted by Gasteiger charge is 2.16. The van der Waals surface area contributed by atoms with E-state index >= 15 is 0 Å². The molecule has 0 aliphatic heterocycles. The summed E-state index contributed by atoms with van der Waals surface area (Å²) in [6.07, 6.45) is 3.49. The summed E-state index contributed by atoms with van der Waals surface area (Å²) in [5.41, 5.74) is 0. The Bertz CT molecular complexity index is 208. The van der Waals surface area contributed by atoms with Crippen molar-refractivity contribution in [3.05, 3.63) is 0 Å². The van der Waals surface area contributed by atoms with Gasteiger partial charge in [-0.25, -0.2) is 0 Å². The SMILES string of the molecule is O=S(=O)(O)CCNC1CCC1. The van der Waals surface area contributed by atoms with E-state index in [2.05, 4.69) is 5.32 Å². The Labute approximate surface area is 66.7 Å². The van der Waals surface area contributed by atoms with Gasteiger partial charge in [0.1, 0.15) is 0 Å². The zero-order chi connectivity index (χ0) is 8.32. The zero-order valence-corrected chi connectivity index (χ0v) is 7.10. The van der Waals surface area contributed by atoms with Crippen LogP contribution in [0.1, 0.15) is 19.3 Å². The van der Waals surface area contributed by atoms with Crippen LogP contribution in [0, 0.1) is 0 Å². The smallest absolute Gasteiger partial charge is 0.266 e. The van der Waals surface area contributed by atoms with Gasteiger partial charge in [-0.1, -0.05) is 6.42 Å². The first-order valence-corrected chi connectivity index (χ1v) is 5.37. The van der Waals surface area contributed by atoms with Crippen LogP contribution in [0.15, 0.2) is 0 Å². The molecule has 0 amide bonds. The molecule has 0 aromatic rings. The van der Waals surface area contributed by atoms with E-state index in [1.54, 1.807) is 0 Å². The van der Waals surface area contributed by atoms with Crippen molar-refractivity contribution >= 4 is 10.1 Å². The van der Waals surface area contributed by atoms with E-state index in [-0.39, 0.29) is 5.75 Å². The third-order valence-corrected chi connectivity index (χ3v) is 2.62. The molecule has 0 heterocycles. The summed E-state index contributed by atoms with van der Waals surface area (Å²) in [5, 5.41) is 3.04. The fourth-order valence-corrected chi connectivity index (χ4v) is 1.38. The Kier molecular flexibility index (Phi) is 2.86. The van der Waals surface area contributed by atoms with E-state index in [1.807, 2.05) is 0 Å². The minimum Gasteiger partial charge on any atom is -0.313 e. The van der Waals surface area contributed by atoms with E-state index in [9.17, 15) is 8.42 Å². The van der Waals surface area contributed by atoms with Crippen LogP contribution in [-0.4, -0.2) is 31.3 Å². The summed E-state index contributed by atoms with van der Waals surface area (Å²) in [6, 6.07) is 0.483. The molecule has 0 radical (unpaired) electrons. The van der Waals surface area contributed by atoms with E-state index in [4.69, 9.17) is 4.55 Å². The molecule has 0 atom stereocenters. The van der Waals surface area contributed by atoms with Crippen molar-refractivity contribution in [2.24, 2.45) is 0 Å². The number of hydrogen-bond donors (Lipinski definition) is 2. The lowest BCUT2D eigenvalue weighted by molar-refractivity contribution is 0.345. The van der Waals surface area contributed by atoms with Crippen LogP contribution in [0.4, 0.5) is 0 Å². The molecule has 0 bridgehead atoms. The molecule has 0 aromatic carbocycles. The number of nitrogens with one attached hydrogen (secondary N) is 1. The molecule has 0 saturated heterocycles. The molecule has 1 aliphatic rings. The van der Waals surface area contributed by atoms with Crippen molar-refractivity contribution in [2.75, 3.05) is 12.3 Å². The minimum absolute atomic E-state index is 0.177. The van der Waals surface area contributed by atoms with Gasteiger partial charge in [0.25, 0.3) is 10.1 Å². The molecule has 5 heteroatoms. The lowest BCUT2D eigenvalue weighted by Crippen LogP contribution is -2.37. The fourth-order valence-electron chi connectivity index (χ4n) is 1.00. The topological polar surface area (TPSA) is 66.4 Å². The average molecular weight is 179 g/mol. The predicted octanol–water partition coefficient (Wildman–Crippen LogP) is 0.0163. The van der Waals surface area contributed by atoms with Crippen LogP contribution in [0.5, 0.6) is 0 Å². The average Bonchev–Trinajstić information content (AvgIpc) is 1.73.